The summed E-state index contributed by atoms with van der Waals surface area (Å²) in [6.07, 6.45) is 1.08. The summed E-state index contributed by atoms with van der Waals surface area (Å²) in [5.74, 6) is 0.470. The van der Waals surface area contributed by atoms with Crippen LogP contribution in [0.15, 0.2) is 42.6 Å². The number of ether oxygens (including phenoxy) is 2. The average molecular weight is 366 g/mol. The number of carbonyl (C=O) groups is 1. The summed E-state index contributed by atoms with van der Waals surface area (Å²) in [4.78, 5) is 16.3. The molecule has 0 bridgehead atoms. The molecule has 0 saturated carbocycles. The molecule has 0 amide bonds. The first-order chi connectivity index (χ1) is 12.8. The van der Waals surface area contributed by atoms with E-state index < -0.39 is 6.16 Å². The van der Waals surface area contributed by atoms with Gasteiger partial charge >= 0.3 is 6.16 Å². The molecule has 5 heteroatoms. The highest BCUT2D eigenvalue weighted by molar-refractivity contribution is 5.84. The van der Waals surface area contributed by atoms with Crippen LogP contribution in [0, 0.1) is 6.92 Å². The zero-order chi connectivity index (χ0) is 19.6. The van der Waals surface area contributed by atoms with Crippen molar-refractivity contribution in [1.29, 1.82) is 0 Å². The lowest BCUT2D eigenvalue weighted by Gasteiger charge is -2.19. The monoisotopic (exact) mass is 366 g/mol. The van der Waals surface area contributed by atoms with E-state index >= 15 is 0 Å². The Morgan fingerprint density at radius 3 is 2.63 bits per heavy atom. The molecule has 0 aliphatic rings. The van der Waals surface area contributed by atoms with Crippen LogP contribution in [0.5, 0.6) is 5.88 Å². The van der Waals surface area contributed by atoms with Crippen molar-refractivity contribution in [3.05, 3.63) is 59.4 Å². The highest BCUT2D eigenvalue weighted by atomic mass is 16.7. The number of nitrogens with zero attached hydrogens (tertiary/aromatic N) is 2. The molecular formula is C22H26N2O3. The molecule has 3 aromatic rings. The van der Waals surface area contributed by atoms with Gasteiger partial charge in [0.05, 0.1) is 18.7 Å². The molecule has 0 radical (unpaired) electrons. The van der Waals surface area contributed by atoms with Gasteiger partial charge in [0.1, 0.15) is 0 Å². The van der Waals surface area contributed by atoms with Crippen LogP contribution in [0.4, 0.5) is 4.79 Å². The molecule has 0 aliphatic carbocycles. The lowest BCUT2D eigenvalue weighted by Crippen LogP contribution is -2.14. The van der Waals surface area contributed by atoms with Crippen LogP contribution < -0.4 is 4.74 Å². The minimum absolute atomic E-state index is 0.0401. The molecule has 2 heterocycles. The van der Waals surface area contributed by atoms with Gasteiger partial charge in [0.15, 0.2) is 0 Å². The molecule has 5 nitrogen and oxygen atoms in total. The average Bonchev–Trinajstić information content (AvgIpc) is 2.93. The minimum Gasteiger partial charge on any atom is -0.434 e. The summed E-state index contributed by atoms with van der Waals surface area (Å²) in [6.45, 7) is 11.1. The van der Waals surface area contributed by atoms with Crippen molar-refractivity contribution in [2.45, 2.75) is 46.6 Å². The topological polar surface area (TPSA) is 53.4 Å². The Morgan fingerprint density at radius 2 is 1.96 bits per heavy atom. The highest BCUT2D eigenvalue weighted by Crippen LogP contribution is 2.32. The van der Waals surface area contributed by atoms with Crippen molar-refractivity contribution in [3.63, 3.8) is 0 Å². The van der Waals surface area contributed by atoms with Crippen molar-refractivity contribution in [3.8, 4) is 5.88 Å². The van der Waals surface area contributed by atoms with Crippen LogP contribution in [0.25, 0.3) is 10.9 Å². The van der Waals surface area contributed by atoms with E-state index in [2.05, 4.69) is 44.0 Å². The van der Waals surface area contributed by atoms with E-state index in [1.54, 1.807) is 13.1 Å². The van der Waals surface area contributed by atoms with Gasteiger partial charge in [-0.2, -0.15) is 0 Å². The second-order valence-electron chi connectivity index (χ2n) is 7.63. The first-order valence-corrected chi connectivity index (χ1v) is 9.18. The largest absolute Gasteiger partial charge is 0.515 e. The van der Waals surface area contributed by atoms with Crippen molar-refractivity contribution in [2.24, 2.45) is 0 Å². The maximum Gasteiger partial charge on any atom is 0.515 e. The first-order valence-electron chi connectivity index (χ1n) is 9.18. The molecule has 27 heavy (non-hydrogen) atoms. The van der Waals surface area contributed by atoms with E-state index in [1.165, 1.54) is 5.56 Å². The fraction of sp³-hybridized carbons (Fsp3) is 0.364. The van der Waals surface area contributed by atoms with Gasteiger partial charge in [0, 0.05) is 23.3 Å². The predicted molar refractivity (Wildman–Crippen MR) is 106 cm³/mol. The van der Waals surface area contributed by atoms with E-state index in [0.717, 1.165) is 22.2 Å². The Labute approximate surface area is 159 Å². The van der Waals surface area contributed by atoms with Crippen molar-refractivity contribution in [2.75, 3.05) is 6.61 Å². The molecule has 1 aromatic carbocycles. The van der Waals surface area contributed by atoms with Gasteiger partial charge in [-0.15, -0.1) is 0 Å². The fourth-order valence-corrected chi connectivity index (χ4v) is 3.05. The van der Waals surface area contributed by atoms with Gasteiger partial charge in [-0.25, -0.2) is 4.79 Å². The molecule has 0 fully saturated rings. The SMILES string of the molecule is CCOC(=O)Oc1cc2cc(C(C)(C)C)ccc2n1Cc1cccnc1C. The normalized spacial score (nSPS) is 11.6. The Kier molecular flexibility index (Phi) is 5.22. The van der Waals surface area contributed by atoms with Crippen molar-refractivity contribution >= 4 is 17.1 Å². The zero-order valence-corrected chi connectivity index (χ0v) is 16.6. The zero-order valence-electron chi connectivity index (χ0n) is 16.6. The Hall–Kier alpha value is -2.82. The molecule has 142 valence electrons. The van der Waals surface area contributed by atoms with Gasteiger partial charge in [-0.3, -0.25) is 4.98 Å². The second kappa shape index (κ2) is 7.43. The maximum absolute atomic E-state index is 11.9. The maximum atomic E-state index is 11.9. The lowest BCUT2D eigenvalue weighted by molar-refractivity contribution is 0.101. The third kappa shape index (κ3) is 4.13. The van der Waals surface area contributed by atoms with E-state index in [-0.39, 0.29) is 12.0 Å². The van der Waals surface area contributed by atoms with Crippen molar-refractivity contribution < 1.29 is 14.3 Å². The molecular weight excluding hydrogens is 340 g/mol. The number of hydrogen-bond donors (Lipinski definition) is 0. The highest BCUT2D eigenvalue weighted by Gasteiger charge is 2.19. The quantitative estimate of drug-likeness (QED) is 0.594. The van der Waals surface area contributed by atoms with Crippen molar-refractivity contribution in [1.82, 2.24) is 9.55 Å². The van der Waals surface area contributed by atoms with Gasteiger partial charge in [0.2, 0.25) is 5.88 Å². The Morgan fingerprint density at radius 1 is 1.19 bits per heavy atom. The molecule has 3 rings (SSSR count). The number of fused-ring (bicyclic) bond motifs is 1. The summed E-state index contributed by atoms with van der Waals surface area (Å²) in [7, 11) is 0. The van der Waals surface area contributed by atoms with Crippen LogP contribution in [-0.2, 0) is 16.7 Å². The summed E-state index contributed by atoms with van der Waals surface area (Å²) in [5, 5.41) is 1.03. The van der Waals surface area contributed by atoms with Crippen LogP contribution in [-0.4, -0.2) is 22.3 Å². The summed E-state index contributed by atoms with van der Waals surface area (Å²) < 4.78 is 12.4. The standard InChI is InChI=1S/C22H26N2O3/c1-6-26-21(25)27-20-13-17-12-18(22(3,4)5)9-10-19(17)24(20)14-16-8-7-11-23-15(16)2/h7-13H,6,14H2,1-5H3. The minimum atomic E-state index is -0.694. The molecule has 0 unspecified atom stereocenters. The number of hydrogen-bond acceptors (Lipinski definition) is 4. The number of aryl methyl sites for hydroxylation is 1. The molecule has 0 saturated heterocycles. The summed E-state index contributed by atoms with van der Waals surface area (Å²) in [6, 6.07) is 12.2. The van der Waals surface area contributed by atoms with Crippen LogP contribution in [0.2, 0.25) is 0 Å². The fourth-order valence-electron chi connectivity index (χ4n) is 3.05. The molecule has 2 aromatic heterocycles. The third-order valence-corrected chi connectivity index (χ3v) is 4.62. The van der Waals surface area contributed by atoms with Crippen LogP contribution in [0.1, 0.15) is 44.5 Å². The number of pyridine rings is 1. The summed E-state index contributed by atoms with van der Waals surface area (Å²) >= 11 is 0. The number of carbonyl (C=O) groups excluding carboxylic acids is 1. The molecule has 0 N–H and O–H groups in total. The number of rotatable bonds is 4. The van der Waals surface area contributed by atoms with E-state index in [0.29, 0.717) is 12.4 Å². The van der Waals surface area contributed by atoms with Gasteiger partial charge in [0.25, 0.3) is 0 Å². The summed E-state index contributed by atoms with van der Waals surface area (Å²) in [5.41, 5.74) is 4.30. The van der Waals surface area contributed by atoms with E-state index in [4.69, 9.17) is 9.47 Å². The third-order valence-electron chi connectivity index (χ3n) is 4.62. The van der Waals surface area contributed by atoms with E-state index in [9.17, 15) is 4.79 Å². The lowest BCUT2D eigenvalue weighted by atomic mass is 9.86. The van der Waals surface area contributed by atoms with Crippen LogP contribution >= 0.6 is 0 Å². The Bertz CT molecular complexity index is 967. The Balaban J connectivity index is 2.09. The first kappa shape index (κ1) is 19.0. The molecule has 0 aliphatic heterocycles. The predicted octanol–water partition coefficient (Wildman–Crippen LogP) is 5.23. The van der Waals surface area contributed by atoms with Gasteiger partial charge in [-0.05, 0) is 48.6 Å². The molecule has 0 atom stereocenters. The molecule has 0 spiro atoms. The second-order valence-corrected chi connectivity index (χ2v) is 7.63. The number of aromatic nitrogens is 2. The van der Waals surface area contributed by atoms with Crippen LogP contribution in [0.3, 0.4) is 0 Å². The smallest absolute Gasteiger partial charge is 0.434 e. The van der Waals surface area contributed by atoms with Gasteiger partial charge < -0.3 is 14.0 Å². The van der Waals surface area contributed by atoms with Gasteiger partial charge in [-0.1, -0.05) is 32.9 Å². The van der Waals surface area contributed by atoms with E-state index in [1.807, 2.05) is 29.7 Å². The number of benzene rings is 1.